The van der Waals surface area contributed by atoms with Crippen LogP contribution in [0.3, 0.4) is 0 Å². The van der Waals surface area contributed by atoms with E-state index in [-0.39, 0.29) is 5.91 Å². The first-order valence-corrected chi connectivity index (χ1v) is 6.27. The summed E-state index contributed by atoms with van der Waals surface area (Å²) in [6.45, 7) is 3.68. The van der Waals surface area contributed by atoms with E-state index in [2.05, 4.69) is 30.4 Å². The Balaban J connectivity index is 2.21. The molecule has 0 aliphatic carbocycles. The van der Waals surface area contributed by atoms with Crippen molar-refractivity contribution in [2.24, 2.45) is 0 Å². The number of nitrogens with zero attached hydrogens (tertiary/aromatic N) is 1. The van der Waals surface area contributed by atoms with Gasteiger partial charge in [0.15, 0.2) is 0 Å². The van der Waals surface area contributed by atoms with Crippen molar-refractivity contribution in [3.63, 3.8) is 0 Å². The van der Waals surface area contributed by atoms with Gasteiger partial charge in [-0.3, -0.25) is 4.79 Å². The maximum atomic E-state index is 12.1. The second-order valence-corrected chi connectivity index (χ2v) is 4.63. The number of anilines is 1. The van der Waals surface area contributed by atoms with Crippen LogP contribution in [0.2, 0.25) is 0 Å². The average Bonchev–Trinajstić information content (AvgIpc) is 2.35. The van der Waals surface area contributed by atoms with Crippen LogP contribution >= 0.6 is 0 Å². The van der Waals surface area contributed by atoms with Gasteiger partial charge in [0.25, 0.3) is 0 Å². The van der Waals surface area contributed by atoms with E-state index in [9.17, 15) is 4.79 Å². The standard InChI is InChI=1S/C14H20N2O/c1-11-5-6-12-4-3-9-16(13(12)10-11)14(17)7-8-15-2/h5-6,10,15H,3-4,7-9H2,1-2H3. The maximum Gasteiger partial charge on any atom is 0.228 e. The number of benzene rings is 1. The third-order valence-electron chi connectivity index (χ3n) is 3.25. The Labute approximate surface area is 103 Å². The molecule has 0 fully saturated rings. The first-order valence-electron chi connectivity index (χ1n) is 6.27. The van der Waals surface area contributed by atoms with Gasteiger partial charge in [0.1, 0.15) is 0 Å². The highest BCUT2D eigenvalue weighted by Gasteiger charge is 2.21. The predicted molar refractivity (Wildman–Crippen MR) is 70.4 cm³/mol. The number of aryl methyl sites for hydroxylation is 2. The minimum Gasteiger partial charge on any atom is -0.319 e. The van der Waals surface area contributed by atoms with Crippen LogP contribution in [0.5, 0.6) is 0 Å². The van der Waals surface area contributed by atoms with Gasteiger partial charge in [-0.2, -0.15) is 0 Å². The molecule has 0 saturated carbocycles. The van der Waals surface area contributed by atoms with Crippen LogP contribution in [0.4, 0.5) is 5.69 Å². The lowest BCUT2D eigenvalue weighted by atomic mass is 9.99. The number of hydrogen-bond acceptors (Lipinski definition) is 2. The summed E-state index contributed by atoms with van der Waals surface area (Å²) >= 11 is 0. The van der Waals surface area contributed by atoms with Gasteiger partial charge in [-0.1, -0.05) is 12.1 Å². The van der Waals surface area contributed by atoms with Crippen molar-refractivity contribution in [2.45, 2.75) is 26.2 Å². The third-order valence-corrected chi connectivity index (χ3v) is 3.25. The molecule has 3 heteroatoms. The molecule has 3 nitrogen and oxygen atoms in total. The first kappa shape index (κ1) is 12.1. The van der Waals surface area contributed by atoms with Crippen molar-refractivity contribution in [3.05, 3.63) is 29.3 Å². The second kappa shape index (κ2) is 5.32. The molecule has 1 aliphatic rings. The SMILES string of the molecule is CNCCC(=O)N1CCCc2ccc(C)cc21. The van der Waals surface area contributed by atoms with E-state index in [1.54, 1.807) is 0 Å². The quantitative estimate of drug-likeness (QED) is 0.863. The summed E-state index contributed by atoms with van der Waals surface area (Å²) in [6.07, 6.45) is 2.73. The molecule has 1 amide bonds. The molecule has 0 radical (unpaired) electrons. The fraction of sp³-hybridized carbons (Fsp3) is 0.500. The summed E-state index contributed by atoms with van der Waals surface area (Å²) < 4.78 is 0. The van der Waals surface area contributed by atoms with Crippen LogP contribution in [0.15, 0.2) is 18.2 Å². The number of fused-ring (bicyclic) bond motifs is 1. The van der Waals surface area contributed by atoms with E-state index in [1.807, 2.05) is 11.9 Å². The number of carbonyl (C=O) groups is 1. The van der Waals surface area contributed by atoms with Crippen molar-refractivity contribution < 1.29 is 4.79 Å². The van der Waals surface area contributed by atoms with Gasteiger partial charge in [0.05, 0.1) is 0 Å². The topological polar surface area (TPSA) is 32.3 Å². The lowest BCUT2D eigenvalue weighted by molar-refractivity contribution is -0.118. The van der Waals surface area contributed by atoms with Gasteiger partial charge in [0.2, 0.25) is 5.91 Å². The zero-order chi connectivity index (χ0) is 12.3. The molecular formula is C14H20N2O. The van der Waals surface area contributed by atoms with Gasteiger partial charge < -0.3 is 10.2 Å². The highest BCUT2D eigenvalue weighted by molar-refractivity contribution is 5.94. The van der Waals surface area contributed by atoms with Crippen molar-refractivity contribution in [1.82, 2.24) is 5.32 Å². The Kier molecular flexibility index (Phi) is 3.79. The number of rotatable bonds is 3. The summed E-state index contributed by atoms with van der Waals surface area (Å²) in [5.74, 6) is 0.228. The highest BCUT2D eigenvalue weighted by atomic mass is 16.2. The molecule has 2 rings (SSSR count). The van der Waals surface area contributed by atoms with Crippen LogP contribution < -0.4 is 10.2 Å². The number of amides is 1. The lowest BCUT2D eigenvalue weighted by Gasteiger charge is -2.30. The molecule has 92 valence electrons. The minimum atomic E-state index is 0.228. The summed E-state index contributed by atoms with van der Waals surface area (Å²) in [5, 5.41) is 3.03. The highest BCUT2D eigenvalue weighted by Crippen LogP contribution is 2.28. The van der Waals surface area contributed by atoms with Crippen LogP contribution in [0.1, 0.15) is 24.0 Å². The summed E-state index contributed by atoms with van der Waals surface area (Å²) in [5.41, 5.74) is 3.65. The molecule has 17 heavy (non-hydrogen) atoms. The zero-order valence-corrected chi connectivity index (χ0v) is 10.6. The lowest BCUT2D eigenvalue weighted by Crippen LogP contribution is -2.36. The van der Waals surface area contributed by atoms with Gasteiger partial charge in [0, 0.05) is 25.2 Å². The molecule has 1 heterocycles. The maximum absolute atomic E-state index is 12.1. The Morgan fingerprint density at radius 1 is 1.47 bits per heavy atom. The van der Waals surface area contributed by atoms with Crippen LogP contribution in [0.25, 0.3) is 0 Å². The van der Waals surface area contributed by atoms with E-state index in [0.29, 0.717) is 6.42 Å². The van der Waals surface area contributed by atoms with Crippen molar-refractivity contribution in [3.8, 4) is 0 Å². The Morgan fingerprint density at radius 2 is 2.29 bits per heavy atom. The smallest absolute Gasteiger partial charge is 0.228 e. The van der Waals surface area contributed by atoms with E-state index >= 15 is 0 Å². The van der Waals surface area contributed by atoms with Crippen LogP contribution in [-0.4, -0.2) is 26.0 Å². The molecule has 0 atom stereocenters. The largest absolute Gasteiger partial charge is 0.319 e. The monoisotopic (exact) mass is 232 g/mol. The van der Waals surface area contributed by atoms with Gasteiger partial charge in [-0.25, -0.2) is 0 Å². The molecule has 0 spiro atoms. The molecule has 0 aromatic heterocycles. The molecule has 1 aromatic rings. The molecule has 0 unspecified atom stereocenters. The van der Waals surface area contributed by atoms with Crippen molar-refractivity contribution >= 4 is 11.6 Å². The zero-order valence-electron chi connectivity index (χ0n) is 10.6. The minimum absolute atomic E-state index is 0.228. The molecule has 0 saturated heterocycles. The third kappa shape index (κ3) is 2.67. The van der Waals surface area contributed by atoms with E-state index in [1.165, 1.54) is 11.1 Å². The van der Waals surface area contributed by atoms with Gasteiger partial charge >= 0.3 is 0 Å². The van der Waals surface area contributed by atoms with E-state index in [4.69, 9.17) is 0 Å². The molecule has 1 N–H and O–H groups in total. The first-order chi connectivity index (χ1) is 8.22. The second-order valence-electron chi connectivity index (χ2n) is 4.63. The summed E-state index contributed by atoms with van der Waals surface area (Å²) in [4.78, 5) is 14.1. The fourth-order valence-electron chi connectivity index (χ4n) is 2.31. The number of carbonyl (C=O) groups excluding carboxylic acids is 1. The van der Waals surface area contributed by atoms with Crippen molar-refractivity contribution in [1.29, 1.82) is 0 Å². The fourth-order valence-corrected chi connectivity index (χ4v) is 2.31. The van der Waals surface area contributed by atoms with Gasteiger partial charge in [-0.15, -0.1) is 0 Å². The van der Waals surface area contributed by atoms with Crippen molar-refractivity contribution in [2.75, 3.05) is 25.0 Å². The summed E-state index contributed by atoms with van der Waals surface area (Å²) in [7, 11) is 1.88. The van der Waals surface area contributed by atoms with Gasteiger partial charge in [-0.05, 0) is 44.0 Å². The Bertz CT molecular complexity index is 415. The number of nitrogens with one attached hydrogen (secondary N) is 1. The van der Waals surface area contributed by atoms with Crippen LogP contribution in [-0.2, 0) is 11.2 Å². The van der Waals surface area contributed by atoms with E-state index in [0.717, 1.165) is 31.6 Å². The predicted octanol–water partition coefficient (Wildman–Crippen LogP) is 1.88. The Morgan fingerprint density at radius 3 is 3.06 bits per heavy atom. The number of hydrogen-bond donors (Lipinski definition) is 1. The van der Waals surface area contributed by atoms with E-state index < -0.39 is 0 Å². The average molecular weight is 232 g/mol. The molecule has 1 aromatic carbocycles. The summed E-state index contributed by atoms with van der Waals surface area (Å²) in [6, 6.07) is 6.41. The Hall–Kier alpha value is -1.35. The molecular weight excluding hydrogens is 212 g/mol. The van der Waals surface area contributed by atoms with Crippen LogP contribution in [0, 0.1) is 6.92 Å². The molecule has 0 bridgehead atoms. The normalized spacial score (nSPS) is 14.6. The molecule has 1 aliphatic heterocycles.